The van der Waals surface area contributed by atoms with Crippen molar-refractivity contribution in [1.82, 2.24) is 9.88 Å². The van der Waals surface area contributed by atoms with Crippen LogP contribution in [0.15, 0.2) is 30.5 Å². The first kappa shape index (κ1) is 17.0. The van der Waals surface area contributed by atoms with Gasteiger partial charge in [0.05, 0.1) is 13.0 Å². The third-order valence-corrected chi connectivity index (χ3v) is 4.69. The number of benzene rings is 1. The molecule has 3 rings (SSSR count). The summed E-state index contributed by atoms with van der Waals surface area (Å²) in [6.45, 7) is 3.83. The van der Waals surface area contributed by atoms with E-state index in [0.29, 0.717) is 18.9 Å². The van der Waals surface area contributed by atoms with Crippen LogP contribution in [0.1, 0.15) is 18.4 Å². The number of fused-ring (bicyclic) bond motifs is 1. The second-order valence-corrected chi connectivity index (χ2v) is 6.39. The van der Waals surface area contributed by atoms with E-state index in [2.05, 4.69) is 28.2 Å². The van der Waals surface area contributed by atoms with Gasteiger partial charge in [-0.3, -0.25) is 4.79 Å². The second kappa shape index (κ2) is 8.31. The second-order valence-electron chi connectivity index (χ2n) is 6.39. The van der Waals surface area contributed by atoms with Gasteiger partial charge < -0.3 is 19.4 Å². The minimum absolute atomic E-state index is 0.0936. The van der Waals surface area contributed by atoms with Gasteiger partial charge in [-0.2, -0.15) is 0 Å². The molecule has 0 spiro atoms. The fourth-order valence-corrected chi connectivity index (χ4v) is 3.28. The Hall–Kier alpha value is -1.85. The Morgan fingerprint density at radius 2 is 2.12 bits per heavy atom. The molecule has 5 heteroatoms. The Morgan fingerprint density at radius 1 is 1.33 bits per heavy atom. The molecule has 0 bridgehead atoms. The summed E-state index contributed by atoms with van der Waals surface area (Å²) >= 11 is 0. The minimum Gasteiger partial charge on any atom is -0.383 e. The van der Waals surface area contributed by atoms with Gasteiger partial charge in [0.15, 0.2) is 0 Å². The maximum atomic E-state index is 12.3. The Morgan fingerprint density at radius 3 is 2.92 bits per heavy atom. The number of nitrogens with one attached hydrogen (secondary N) is 1. The zero-order valence-corrected chi connectivity index (χ0v) is 14.3. The van der Waals surface area contributed by atoms with E-state index < -0.39 is 0 Å². The maximum absolute atomic E-state index is 12.3. The highest BCUT2D eigenvalue weighted by Crippen LogP contribution is 2.22. The van der Waals surface area contributed by atoms with Gasteiger partial charge in [-0.25, -0.2) is 0 Å². The van der Waals surface area contributed by atoms with E-state index in [0.717, 1.165) is 55.6 Å². The number of para-hydroxylation sites is 1. The molecule has 0 aliphatic carbocycles. The fourth-order valence-electron chi connectivity index (χ4n) is 3.28. The molecule has 1 aromatic heterocycles. The van der Waals surface area contributed by atoms with Crippen molar-refractivity contribution in [2.75, 3.05) is 33.5 Å². The summed E-state index contributed by atoms with van der Waals surface area (Å²) in [5.74, 6) is 0.641. The summed E-state index contributed by atoms with van der Waals surface area (Å²) in [5, 5.41) is 4.24. The van der Waals surface area contributed by atoms with E-state index in [1.165, 1.54) is 0 Å². The quantitative estimate of drug-likeness (QED) is 0.848. The topological polar surface area (TPSA) is 52.5 Å². The molecule has 0 radical (unpaired) electrons. The average molecular weight is 330 g/mol. The van der Waals surface area contributed by atoms with Gasteiger partial charge >= 0.3 is 0 Å². The molecule has 1 saturated heterocycles. The highest BCUT2D eigenvalue weighted by molar-refractivity contribution is 5.89. The summed E-state index contributed by atoms with van der Waals surface area (Å²) in [6, 6.07) is 8.22. The molecule has 2 heterocycles. The molecule has 1 aromatic carbocycles. The predicted octanol–water partition coefficient (Wildman–Crippen LogP) is 2.37. The van der Waals surface area contributed by atoms with Crippen LogP contribution in [-0.2, 0) is 27.2 Å². The molecule has 0 saturated carbocycles. The van der Waals surface area contributed by atoms with E-state index >= 15 is 0 Å². The number of carbonyl (C=O) groups excluding carboxylic acids is 1. The van der Waals surface area contributed by atoms with Crippen LogP contribution in [0.25, 0.3) is 10.9 Å². The molecule has 2 aromatic rings. The first-order valence-electron chi connectivity index (χ1n) is 8.68. The number of amides is 1. The summed E-state index contributed by atoms with van der Waals surface area (Å²) in [5.41, 5.74) is 2.23. The lowest BCUT2D eigenvalue weighted by Crippen LogP contribution is -2.33. The SMILES string of the molecule is COCCn1cc(CC(=O)NCC2CCOCC2)c2ccccc21. The van der Waals surface area contributed by atoms with Crippen molar-refractivity contribution in [3.05, 3.63) is 36.0 Å². The normalized spacial score (nSPS) is 15.7. The van der Waals surface area contributed by atoms with Crippen LogP contribution >= 0.6 is 0 Å². The van der Waals surface area contributed by atoms with Gasteiger partial charge in [0.2, 0.25) is 5.91 Å². The van der Waals surface area contributed by atoms with E-state index in [4.69, 9.17) is 9.47 Å². The molecular weight excluding hydrogens is 304 g/mol. The zero-order valence-electron chi connectivity index (χ0n) is 14.3. The smallest absolute Gasteiger partial charge is 0.224 e. The van der Waals surface area contributed by atoms with E-state index in [9.17, 15) is 4.79 Å². The van der Waals surface area contributed by atoms with Crippen LogP contribution in [0.5, 0.6) is 0 Å². The Labute approximate surface area is 142 Å². The molecule has 130 valence electrons. The third kappa shape index (κ3) is 4.16. The largest absolute Gasteiger partial charge is 0.383 e. The Kier molecular flexibility index (Phi) is 5.88. The molecule has 5 nitrogen and oxygen atoms in total. The number of hydrogen-bond acceptors (Lipinski definition) is 3. The summed E-state index contributed by atoms with van der Waals surface area (Å²) < 4.78 is 12.7. The number of carbonyl (C=O) groups is 1. The Bertz CT molecular complexity index is 674. The number of aromatic nitrogens is 1. The van der Waals surface area contributed by atoms with Crippen LogP contribution in [0, 0.1) is 5.92 Å². The van der Waals surface area contributed by atoms with Gasteiger partial charge in [0.25, 0.3) is 0 Å². The van der Waals surface area contributed by atoms with Crippen LogP contribution in [-0.4, -0.2) is 43.9 Å². The van der Waals surface area contributed by atoms with Gasteiger partial charge in [-0.1, -0.05) is 18.2 Å². The zero-order chi connectivity index (χ0) is 16.8. The summed E-state index contributed by atoms with van der Waals surface area (Å²) in [6.07, 6.45) is 4.58. The van der Waals surface area contributed by atoms with Crippen LogP contribution < -0.4 is 5.32 Å². The highest BCUT2D eigenvalue weighted by Gasteiger charge is 2.16. The summed E-state index contributed by atoms with van der Waals surface area (Å²) in [4.78, 5) is 12.3. The first-order chi connectivity index (χ1) is 11.8. The van der Waals surface area contributed by atoms with E-state index in [1.54, 1.807) is 7.11 Å². The lowest BCUT2D eigenvalue weighted by atomic mass is 10.0. The predicted molar refractivity (Wildman–Crippen MR) is 94.1 cm³/mol. The molecule has 24 heavy (non-hydrogen) atoms. The minimum atomic E-state index is 0.0936. The van der Waals surface area contributed by atoms with Crippen LogP contribution in [0.4, 0.5) is 0 Å². The monoisotopic (exact) mass is 330 g/mol. The first-order valence-corrected chi connectivity index (χ1v) is 8.68. The molecule has 0 atom stereocenters. The third-order valence-electron chi connectivity index (χ3n) is 4.69. The summed E-state index contributed by atoms with van der Waals surface area (Å²) in [7, 11) is 1.70. The van der Waals surface area contributed by atoms with Crippen LogP contribution in [0.3, 0.4) is 0 Å². The van der Waals surface area contributed by atoms with Crippen molar-refractivity contribution in [3.63, 3.8) is 0 Å². The average Bonchev–Trinajstić information content (AvgIpc) is 2.97. The van der Waals surface area contributed by atoms with Gasteiger partial charge in [-0.15, -0.1) is 0 Å². The van der Waals surface area contributed by atoms with E-state index in [1.807, 2.05) is 12.1 Å². The molecular formula is C19H26N2O3. The van der Waals surface area contributed by atoms with Crippen molar-refractivity contribution >= 4 is 16.8 Å². The standard InChI is InChI=1S/C19H26N2O3/c1-23-11-8-21-14-16(17-4-2-3-5-18(17)21)12-19(22)20-13-15-6-9-24-10-7-15/h2-5,14-15H,6-13H2,1H3,(H,20,22). The van der Waals surface area contributed by atoms with Crippen molar-refractivity contribution in [3.8, 4) is 0 Å². The van der Waals surface area contributed by atoms with Crippen molar-refractivity contribution < 1.29 is 14.3 Å². The lowest BCUT2D eigenvalue weighted by Gasteiger charge is -2.22. The van der Waals surface area contributed by atoms with E-state index in [-0.39, 0.29) is 5.91 Å². The van der Waals surface area contributed by atoms with Crippen molar-refractivity contribution in [2.24, 2.45) is 5.92 Å². The Balaban J connectivity index is 1.64. The fraction of sp³-hybridized carbons (Fsp3) is 0.526. The molecule has 1 N–H and O–H groups in total. The molecule has 0 unspecified atom stereocenters. The van der Waals surface area contributed by atoms with Gasteiger partial charge in [0.1, 0.15) is 0 Å². The van der Waals surface area contributed by atoms with Crippen molar-refractivity contribution in [2.45, 2.75) is 25.8 Å². The molecule has 1 amide bonds. The van der Waals surface area contributed by atoms with Gasteiger partial charge in [-0.05, 0) is 30.4 Å². The van der Waals surface area contributed by atoms with Crippen molar-refractivity contribution in [1.29, 1.82) is 0 Å². The number of nitrogens with zero attached hydrogens (tertiary/aromatic N) is 1. The lowest BCUT2D eigenvalue weighted by molar-refractivity contribution is -0.120. The molecule has 1 aliphatic rings. The number of hydrogen-bond donors (Lipinski definition) is 1. The van der Waals surface area contributed by atoms with Crippen LogP contribution in [0.2, 0.25) is 0 Å². The molecule has 1 fully saturated rings. The van der Waals surface area contributed by atoms with Gasteiger partial charge in [0, 0.05) is 50.5 Å². The maximum Gasteiger partial charge on any atom is 0.224 e. The molecule has 1 aliphatic heterocycles. The number of methoxy groups -OCH3 is 1. The number of ether oxygens (including phenoxy) is 2. The highest BCUT2D eigenvalue weighted by atomic mass is 16.5. The number of rotatable bonds is 7.